The largest absolute Gasteiger partial charge is 0.462 e. The van der Waals surface area contributed by atoms with Crippen LogP contribution in [0.4, 0.5) is 0 Å². The van der Waals surface area contributed by atoms with Crippen LogP contribution in [0.5, 0.6) is 0 Å². The molecule has 5 rings (SSSR count). The number of carbonyl (C=O) groups is 1. The van der Waals surface area contributed by atoms with Crippen LogP contribution < -0.4 is 0 Å². The summed E-state index contributed by atoms with van der Waals surface area (Å²) >= 11 is 2.72. The van der Waals surface area contributed by atoms with Crippen LogP contribution in [0.1, 0.15) is 113 Å². The first-order chi connectivity index (χ1) is 16.9. The van der Waals surface area contributed by atoms with Gasteiger partial charge in [-0.2, -0.15) is 0 Å². The molecule has 36 heavy (non-hydrogen) atoms. The normalized spacial score (nSPS) is 47.7. The highest BCUT2D eigenvalue weighted by Gasteiger charge is 2.74. The van der Waals surface area contributed by atoms with Crippen LogP contribution in [0.3, 0.4) is 0 Å². The lowest BCUT2D eigenvalue weighted by Crippen LogP contribution is -2.65. The molecule has 4 heteroatoms. The molecule has 0 radical (unpaired) electrons. The lowest BCUT2D eigenvalue weighted by molar-refractivity contribution is -0.210. The summed E-state index contributed by atoms with van der Waals surface area (Å²) in [7, 11) is 0. The van der Waals surface area contributed by atoms with Crippen LogP contribution in [-0.2, 0) is 14.3 Å². The third-order valence-corrected chi connectivity index (χ3v) is 14.4. The lowest BCUT2D eigenvalue weighted by Gasteiger charge is -2.67. The van der Waals surface area contributed by atoms with Gasteiger partial charge in [-0.15, -0.1) is 0 Å². The molecule has 0 aromatic heterocycles. The van der Waals surface area contributed by atoms with Gasteiger partial charge < -0.3 is 9.47 Å². The van der Waals surface area contributed by atoms with Crippen LogP contribution in [-0.4, -0.2) is 29.2 Å². The van der Waals surface area contributed by atoms with E-state index < -0.39 is 0 Å². The van der Waals surface area contributed by atoms with Gasteiger partial charge in [0.2, 0.25) is 0 Å². The molecule has 0 amide bonds. The van der Waals surface area contributed by atoms with E-state index in [1.165, 1.54) is 62.2 Å². The zero-order chi connectivity index (χ0) is 26.1. The van der Waals surface area contributed by atoms with Gasteiger partial charge in [0.15, 0.2) is 0 Å². The summed E-state index contributed by atoms with van der Waals surface area (Å²) in [6, 6.07) is 0. The number of rotatable bonds is 7. The summed E-state index contributed by atoms with van der Waals surface area (Å²) in [5, 5.41) is 0. The second-order valence-electron chi connectivity index (χ2n) is 15.2. The fraction of sp³-hybridized carbons (Fsp3) is 0.969. The van der Waals surface area contributed by atoms with E-state index in [4.69, 9.17) is 9.47 Å². The van der Waals surface area contributed by atoms with E-state index >= 15 is 0 Å². The van der Waals surface area contributed by atoms with Crippen LogP contribution >= 0.6 is 22.6 Å². The SMILES string of the molecule is CC(=O)O[C@H]1CC[C@]2(CI)[C@H]3[C@@H]4C[C@]5(CO4)[C@@H]([C@H](C)CCCC(C)C)CC[C@@]5(C)[C@@H]3CC[C@H]2C1(C)C. The minimum Gasteiger partial charge on any atom is -0.462 e. The number of carbonyl (C=O) groups excluding carboxylic acids is 1. The topological polar surface area (TPSA) is 35.5 Å². The second kappa shape index (κ2) is 9.66. The Kier molecular flexibility index (Phi) is 7.44. The predicted octanol–water partition coefficient (Wildman–Crippen LogP) is 8.47. The minimum absolute atomic E-state index is 0.0250. The molecule has 2 bridgehead atoms. The monoisotopic (exact) mass is 612 g/mol. The highest BCUT2D eigenvalue weighted by molar-refractivity contribution is 14.1. The fourth-order valence-corrected chi connectivity index (χ4v) is 12.8. The molecule has 0 unspecified atom stereocenters. The van der Waals surface area contributed by atoms with Gasteiger partial charge in [-0.1, -0.05) is 83.4 Å². The Morgan fingerprint density at radius 3 is 2.47 bits per heavy atom. The number of esters is 1. The summed E-state index contributed by atoms with van der Waals surface area (Å²) in [5.74, 6) is 4.42. The number of hydrogen-bond acceptors (Lipinski definition) is 3. The Morgan fingerprint density at radius 1 is 1.06 bits per heavy atom. The molecule has 0 aromatic rings. The van der Waals surface area contributed by atoms with Crippen molar-refractivity contribution in [3.05, 3.63) is 0 Å². The molecule has 3 nitrogen and oxygen atoms in total. The van der Waals surface area contributed by atoms with Crippen molar-refractivity contribution in [2.24, 2.45) is 57.2 Å². The maximum atomic E-state index is 11.9. The van der Waals surface area contributed by atoms with Crippen molar-refractivity contribution in [3.8, 4) is 0 Å². The van der Waals surface area contributed by atoms with Crippen LogP contribution in [0, 0.1) is 57.2 Å². The zero-order valence-electron chi connectivity index (χ0n) is 24.2. The highest BCUT2D eigenvalue weighted by Crippen LogP contribution is 2.77. The van der Waals surface area contributed by atoms with Gasteiger partial charge in [0, 0.05) is 22.2 Å². The molecule has 0 aromatic carbocycles. The van der Waals surface area contributed by atoms with Gasteiger partial charge in [-0.05, 0) is 91.3 Å². The van der Waals surface area contributed by atoms with Crippen molar-refractivity contribution >= 4 is 28.6 Å². The Balaban J connectivity index is 1.44. The molecule has 1 saturated heterocycles. The smallest absolute Gasteiger partial charge is 0.302 e. The van der Waals surface area contributed by atoms with E-state index in [0.717, 1.165) is 36.7 Å². The van der Waals surface area contributed by atoms with E-state index in [1.54, 1.807) is 6.92 Å². The van der Waals surface area contributed by atoms with Crippen LogP contribution in [0.2, 0.25) is 0 Å². The van der Waals surface area contributed by atoms with Gasteiger partial charge in [0.25, 0.3) is 0 Å². The van der Waals surface area contributed by atoms with Gasteiger partial charge >= 0.3 is 5.97 Å². The van der Waals surface area contributed by atoms with Gasteiger partial charge in [-0.3, -0.25) is 4.79 Å². The highest BCUT2D eigenvalue weighted by atomic mass is 127. The Morgan fingerprint density at radius 2 is 1.81 bits per heavy atom. The maximum Gasteiger partial charge on any atom is 0.302 e. The molecule has 10 atom stereocenters. The van der Waals surface area contributed by atoms with Crippen molar-refractivity contribution in [3.63, 3.8) is 0 Å². The van der Waals surface area contributed by atoms with Gasteiger partial charge in [0.1, 0.15) is 6.10 Å². The average Bonchev–Trinajstić information content (AvgIpc) is 3.35. The number of fused-ring (bicyclic) bond motifs is 6. The van der Waals surface area contributed by atoms with Crippen molar-refractivity contribution in [1.82, 2.24) is 0 Å². The van der Waals surface area contributed by atoms with Crippen molar-refractivity contribution in [1.29, 1.82) is 0 Å². The first-order valence-corrected chi connectivity index (χ1v) is 16.8. The van der Waals surface area contributed by atoms with E-state index in [0.29, 0.717) is 34.2 Å². The summed E-state index contributed by atoms with van der Waals surface area (Å²) in [5.41, 5.74) is 1.16. The zero-order valence-corrected chi connectivity index (χ0v) is 26.4. The van der Waals surface area contributed by atoms with Crippen LogP contribution in [0.25, 0.3) is 0 Å². The number of alkyl halides is 1. The summed E-state index contributed by atoms with van der Waals surface area (Å²) in [6.07, 6.45) is 13.6. The van der Waals surface area contributed by atoms with Crippen LogP contribution in [0.15, 0.2) is 0 Å². The maximum absolute atomic E-state index is 11.9. The molecule has 1 aliphatic heterocycles. The molecule has 4 aliphatic carbocycles. The third-order valence-electron chi connectivity index (χ3n) is 13.0. The quantitative estimate of drug-likeness (QED) is 0.164. The summed E-state index contributed by atoms with van der Waals surface area (Å²) in [4.78, 5) is 11.9. The Labute approximate surface area is 235 Å². The van der Waals surface area contributed by atoms with Gasteiger partial charge in [-0.25, -0.2) is 0 Å². The van der Waals surface area contributed by atoms with Crippen molar-refractivity contribution in [2.45, 2.75) is 125 Å². The molecule has 5 aliphatic rings. The Hall–Kier alpha value is 0.160. The van der Waals surface area contributed by atoms with Crippen molar-refractivity contribution in [2.75, 3.05) is 11.0 Å². The van der Waals surface area contributed by atoms with Crippen molar-refractivity contribution < 1.29 is 14.3 Å². The minimum atomic E-state index is -0.114. The summed E-state index contributed by atoms with van der Waals surface area (Å²) < 4.78 is 14.1. The standard InChI is InChI=1S/C32H53IO3/c1-20(2)9-8-10-21(3)23-13-15-30(7)24-11-12-26-29(5,6)27(36-22(4)34)14-16-31(26,18-33)28(24)25-17-32(23,30)19-35-25/h20-21,23-28H,8-19H2,1-7H3/t21-,23-,24-,25+,26+,27+,28-,30+,31-,32+/m1/s1. The fourth-order valence-electron chi connectivity index (χ4n) is 11.4. The molecular weight excluding hydrogens is 559 g/mol. The third kappa shape index (κ3) is 3.90. The molecule has 1 spiro atoms. The number of hydrogen-bond donors (Lipinski definition) is 0. The average molecular weight is 613 g/mol. The first-order valence-electron chi connectivity index (χ1n) is 15.3. The molecular formula is C32H53IO3. The molecule has 0 N–H and O–H groups in total. The molecule has 1 heterocycles. The number of halogens is 1. The van der Waals surface area contributed by atoms with E-state index in [2.05, 4.69) is 64.1 Å². The second-order valence-corrected chi connectivity index (χ2v) is 15.9. The van der Waals surface area contributed by atoms with E-state index in [-0.39, 0.29) is 17.5 Å². The number of ether oxygens (including phenoxy) is 2. The molecule has 5 fully saturated rings. The summed E-state index contributed by atoms with van der Waals surface area (Å²) in [6.45, 7) is 17.4. The van der Waals surface area contributed by atoms with E-state index in [1.807, 2.05) is 0 Å². The molecule has 4 saturated carbocycles. The lowest BCUT2D eigenvalue weighted by atomic mass is 9.37. The Bertz CT molecular complexity index is 839. The van der Waals surface area contributed by atoms with E-state index in [9.17, 15) is 4.79 Å². The molecule has 206 valence electrons. The first kappa shape index (κ1) is 27.7. The van der Waals surface area contributed by atoms with Gasteiger partial charge in [0.05, 0.1) is 12.7 Å². The predicted molar refractivity (Wildman–Crippen MR) is 155 cm³/mol.